The average Bonchev–Trinajstić information content (AvgIpc) is 3.18. The predicted octanol–water partition coefficient (Wildman–Crippen LogP) is 8.00. The second kappa shape index (κ2) is 6.89. The number of hydrogen-bond donors (Lipinski definition) is 0. The summed E-state index contributed by atoms with van der Waals surface area (Å²) in [6.07, 6.45) is 0.887. The largest absolute Gasteiger partial charge is 0.456 e. The van der Waals surface area contributed by atoms with Gasteiger partial charge in [-0.25, -0.2) is 0 Å². The van der Waals surface area contributed by atoms with Gasteiger partial charge in [0, 0.05) is 10.8 Å². The molecule has 0 amide bonds. The van der Waals surface area contributed by atoms with Crippen LogP contribution in [0.5, 0.6) is 0 Å². The highest BCUT2D eigenvalue weighted by Gasteiger charge is 2.12. The molecule has 0 bridgehead atoms. The third-order valence-electron chi connectivity index (χ3n) is 5.92. The summed E-state index contributed by atoms with van der Waals surface area (Å²) < 4.78 is 6.16. The molecule has 6 aromatic rings. The van der Waals surface area contributed by atoms with E-state index in [1.807, 2.05) is 0 Å². The van der Waals surface area contributed by atoms with Gasteiger partial charge in [0.15, 0.2) is 0 Å². The maximum atomic E-state index is 6.16. The van der Waals surface area contributed by atoms with Crippen LogP contribution >= 0.6 is 0 Å². The van der Waals surface area contributed by atoms with E-state index in [-0.39, 0.29) is 0 Å². The van der Waals surface area contributed by atoms with Gasteiger partial charge in [-0.1, -0.05) is 91.0 Å². The minimum Gasteiger partial charge on any atom is -0.456 e. The molecule has 1 heteroatoms. The van der Waals surface area contributed by atoms with Crippen LogP contribution in [0.25, 0.3) is 43.8 Å². The molecule has 0 saturated heterocycles. The molecule has 30 heavy (non-hydrogen) atoms. The minimum atomic E-state index is 0.887. The fraction of sp³-hybridized carbons (Fsp3) is 0.0345. The molecular formula is C29H20O. The summed E-state index contributed by atoms with van der Waals surface area (Å²) in [5.41, 5.74) is 7.07. The van der Waals surface area contributed by atoms with Crippen molar-refractivity contribution in [2.45, 2.75) is 6.42 Å². The Morgan fingerprint density at radius 3 is 2.27 bits per heavy atom. The summed E-state index contributed by atoms with van der Waals surface area (Å²) in [7, 11) is 0. The fourth-order valence-electron chi connectivity index (χ4n) is 4.50. The molecule has 0 fully saturated rings. The molecule has 142 valence electrons. The van der Waals surface area contributed by atoms with Crippen LogP contribution in [0.1, 0.15) is 11.1 Å². The highest BCUT2D eigenvalue weighted by molar-refractivity contribution is 6.18. The molecule has 0 spiro atoms. The SMILES string of the molecule is c1ccc(-c2ccccc2Cc2ccc3oc4ccc5ccccc5c4c3c2)cc1. The Morgan fingerprint density at radius 1 is 0.567 bits per heavy atom. The zero-order valence-electron chi connectivity index (χ0n) is 16.5. The van der Waals surface area contributed by atoms with Crippen molar-refractivity contribution >= 4 is 32.7 Å². The Labute approximate surface area is 175 Å². The molecule has 0 saturated carbocycles. The van der Waals surface area contributed by atoms with Crippen LogP contribution < -0.4 is 0 Å². The number of fused-ring (bicyclic) bond motifs is 5. The molecule has 0 atom stereocenters. The fourth-order valence-corrected chi connectivity index (χ4v) is 4.50. The first-order chi connectivity index (χ1) is 14.9. The third-order valence-corrected chi connectivity index (χ3v) is 5.92. The Bertz CT molecular complexity index is 1510. The van der Waals surface area contributed by atoms with Gasteiger partial charge in [0.1, 0.15) is 11.2 Å². The minimum absolute atomic E-state index is 0.887. The lowest BCUT2D eigenvalue weighted by molar-refractivity contribution is 0.669. The predicted molar refractivity (Wildman–Crippen MR) is 126 cm³/mol. The molecule has 6 rings (SSSR count). The van der Waals surface area contributed by atoms with E-state index in [9.17, 15) is 0 Å². The van der Waals surface area contributed by atoms with E-state index in [1.54, 1.807) is 0 Å². The second-order valence-electron chi connectivity index (χ2n) is 7.79. The van der Waals surface area contributed by atoms with Gasteiger partial charge in [-0.2, -0.15) is 0 Å². The first-order valence-electron chi connectivity index (χ1n) is 10.3. The Hall–Kier alpha value is -3.84. The van der Waals surface area contributed by atoms with E-state index in [4.69, 9.17) is 4.42 Å². The molecule has 5 aromatic carbocycles. The van der Waals surface area contributed by atoms with E-state index >= 15 is 0 Å². The highest BCUT2D eigenvalue weighted by atomic mass is 16.3. The molecule has 0 aliphatic carbocycles. The summed E-state index contributed by atoms with van der Waals surface area (Å²) in [4.78, 5) is 0. The summed E-state index contributed by atoms with van der Waals surface area (Å²) in [5, 5.41) is 4.89. The molecule has 1 heterocycles. The number of furan rings is 1. The van der Waals surface area contributed by atoms with Gasteiger partial charge in [-0.15, -0.1) is 0 Å². The third kappa shape index (κ3) is 2.79. The maximum Gasteiger partial charge on any atom is 0.136 e. The monoisotopic (exact) mass is 384 g/mol. The molecule has 0 aliphatic rings. The zero-order chi connectivity index (χ0) is 19.9. The lowest BCUT2D eigenvalue weighted by Crippen LogP contribution is -1.92. The lowest BCUT2D eigenvalue weighted by Gasteiger charge is -2.10. The van der Waals surface area contributed by atoms with Gasteiger partial charge in [0.25, 0.3) is 0 Å². The van der Waals surface area contributed by atoms with Crippen molar-refractivity contribution < 1.29 is 4.42 Å². The first kappa shape index (κ1) is 17.1. The van der Waals surface area contributed by atoms with Crippen molar-refractivity contribution in [1.82, 2.24) is 0 Å². The van der Waals surface area contributed by atoms with Crippen LogP contribution in [0.4, 0.5) is 0 Å². The van der Waals surface area contributed by atoms with E-state index in [0.717, 1.165) is 17.6 Å². The topological polar surface area (TPSA) is 13.1 Å². The van der Waals surface area contributed by atoms with Crippen molar-refractivity contribution in [1.29, 1.82) is 0 Å². The summed E-state index contributed by atoms with van der Waals surface area (Å²) in [5.74, 6) is 0. The lowest BCUT2D eigenvalue weighted by atomic mass is 9.94. The van der Waals surface area contributed by atoms with Gasteiger partial charge in [0.2, 0.25) is 0 Å². The normalized spacial score (nSPS) is 11.5. The van der Waals surface area contributed by atoms with Crippen LogP contribution in [0.2, 0.25) is 0 Å². The van der Waals surface area contributed by atoms with Gasteiger partial charge < -0.3 is 4.42 Å². The van der Waals surface area contributed by atoms with E-state index < -0.39 is 0 Å². The Balaban J connectivity index is 1.50. The first-order valence-corrected chi connectivity index (χ1v) is 10.3. The smallest absolute Gasteiger partial charge is 0.136 e. The molecule has 1 nitrogen and oxygen atoms in total. The van der Waals surface area contributed by atoms with Crippen LogP contribution in [0.15, 0.2) is 114 Å². The van der Waals surface area contributed by atoms with Crippen LogP contribution in [0, 0.1) is 0 Å². The highest BCUT2D eigenvalue weighted by Crippen LogP contribution is 2.35. The Morgan fingerprint density at radius 2 is 1.33 bits per heavy atom. The maximum absolute atomic E-state index is 6.16. The van der Waals surface area contributed by atoms with Gasteiger partial charge in [-0.05, 0) is 57.6 Å². The average molecular weight is 384 g/mol. The zero-order valence-corrected chi connectivity index (χ0v) is 16.5. The summed E-state index contributed by atoms with van der Waals surface area (Å²) in [6.45, 7) is 0. The van der Waals surface area contributed by atoms with Gasteiger partial charge in [0.05, 0.1) is 0 Å². The molecule has 0 unspecified atom stereocenters. The molecule has 1 aromatic heterocycles. The van der Waals surface area contributed by atoms with Crippen molar-refractivity contribution in [3.63, 3.8) is 0 Å². The van der Waals surface area contributed by atoms with Crippen molar-refractivity contribution in [2.24, 2.45) is 0 Å². The summed E-state index contributed by atoms with van der Waals surface area (Å²) in [6, 6.07) is 38.7. The standard InChI is InChI=1S/C29H20O/c1-2-8-21(9-3-1)24-12-6-5-11-23(24)18-20-14-16-27-26(19-20)29-25-13-7-4-10-22(25)15-17-28(29)30-27/h1-17,19H,18H2. The number of rotatable bonds is 3. The van der Waals surface area contributed by atoms with E-state index in [2.05, 4.69) is 109 Å². The van der Waals surface area contributed by atoms with E-state index in [0.29, 0.717) is 0 Å². The van der Waals surface area contributed by atoms with Gasteiger partial charge in [-0.3, -0.25) is 0 Å². The van der Waals surface area contributed by atoms with Crippen LogP contribution in [-0.2, 0) is 6.42 Å². The molecular weight excluding hydrogens is 364 g/mol. The summed E-state index contributed by atoms with van der Waals surface area (Å²) >= 11 is 0. The van der Waals surface area contributed by atoms with Crippen LogP contribution in [0.3, 0.4) is 0 Å². The molecule has 0 radical (unpaired) electrons. The number of hydrogen-bond acceptors (Lipinski definition) is 1. The molecule has 0 aliphatic heterocycles. The second-order valence-corrected chi connectivity index (χ2v) is 7.79. The van der Waals surface area contributed by atoms with Gasteiger partial charge >= 0.3 is 0 Å². The molecule has 0 N–H and O–H groups in total. The van der Waals surface area contributed by atoms with Crippen molar-refractivity contribution in [2.75, 3.05) is 0 Å². The quantitative estimate of drug-likeness (QED) is 0.301. The number of benzene rings is 5. The van der Waals surface area contributed by atoms with Crippen LogP contribution in [-0.4, -0.2) is 0 Å². The Kier molecular flexibility index (Phi) is 3.92. The van der Waals surface area contributed by atoms with E-state index in [1.165, 1.54) is 43.8 Å². The van der Waals surface area contributed by atoms with Crippen molar-refractivity contribution in [3.8, 4) is 11.1 Å². The van der Waals surface area contributed by atoms with Crippen molar-refractivity contribution in [3.05, 3.63) is 120 Å².